The second kappa shape index (κ2) is 9.50. The van der Waals surface area contributed by atoms with E-state index in [0.29, 0.717) is 31.2 Å². The average Bonchev–Trinajstić information content (AvgIpc) is 2.72. The number of carbonyl (C=O) groups is 1. The Morgan fingerprint density at radius 3 is 2.57 bits per heavy atom. The van der Waals surface area contributed by atoms with E-state index in [-0.39, 0.29) is 5.91 Å². The predicted octanol–water partition coefficient (Wildman–Crippen LogP) is 3.38. The number of hydrogen-bond acceptors (Lipinski definition) is 5. The predicted molar refractivity (Wildman–Crippen MR) is 110 cm³/mol. The molecule has 2 aromatic carbocycles. The molecule has 0 radical (unpaired) electrons. The van der Waals surface area contributed by atoms with Crippen molar-refractivity contribution in [1.82, 2.24) is 15.3 Å². The summed E-state index contributed by atoms with van der Waals surface area (Å²) in [5.41, 5.74) is 3.32. The highest BCUT2D eigenvalue weighted by Crippen LogP contribution is 2.13. The number of benzene rings is 2. The van der Waals surface area contributed by atoms with Gasteiger partial charge in [0.25, 0.3) is 5.91 Å². The molecule has 1 heterocycles. The van der Waals surface area contributed by atoms with E-state index < -0.39 is 0 Å². The van der Waals surface area contributed by atoms with Crippen molar-refractivity contribution in [3.05, 3.63) is 83.2 Å². The number of aromatic nitrogens is 2. The van der Waals surface area contributed by atoms with Gasteiger partial charge in [0.05, 0.1) is 7.11 Å². The second-order valence-corrected chi connectivity index (χ2v) is 6.41. The highest BCUT2D eigenvalue weighted by molar-refractivity contribution is 5.92. The van der Waals surface area contributed by atoms with Crippen LogP contribution in [0.15, 0.2) is 60.7 Å². The van der Waals surface area contributed by atoms with Crippen LogP contribution < -0.4 is 15.4 Å². The lowest BCUT2D eigenvalue weighted by Gasteiger charge is -2.09. The van der Waals surface area contributed by atoms with Gasteiger partial charge in [-0.3, -0.25) is 4.79 Å². The van der Waals surface area contributed by atoms with Crippen LogP contribution in [0.4, 0.5) is 5.95 Å². The van der Waals surface area contributed by atoms with Crippen LogP contribution in [0.2, 0.25) is 0 Å². The van der Waals surface area contributed by atoms with Crippen LogP contribution in [0, 0.1) is 6.92 Å². The zero-order valence-electron chi connectivity index (χ0n) is 16.1. The monoisotopic (exact) mass is 376 g/mol. The number of anilines is 1. The number of nitrogens with one attached hydrogen (secondary N) is 2. The molecule has 0 bridgehead atoms. The third kappa shape index (κ3) is 5.54. The molecule has 2 N–H and O–H groups in total. The van der Waals surface area contributed by atoms with Crippen molar-refractivity contribution >= 4 is 11.9 Å². The minimum absolute atomic E-state index is 0.212. The summed E-state index contributed by atoms with van der Waals surface area (Å²) in [6.07, 6.45) is 0.714. The van der Waals surface area contributed by atoms with E-state index in [9.17, 15) is 4.79 Å². The summed E-state index contributed by atoms with van der Waals surface area (Å²) >= 11 is 0. The molecule has 1 amide bonds. The molecule has 0 unspecified atom stereocenters. The first-order chi connectivity index (χ1) is 13.6. The first kappa shape index (κ1) is 19.4. The van der Waals surface area contributed by atoms with E-state index >= 15 is 0 Å². The highest BCUT2D eigenvalue weighted by Gasteiger charge is 2.10. The van der Waals surface area contributed by atoms with Gasteiger partial charge in [-0.2, -0.15) is 0 Å². The number of nitrogens with zero attached hydrogens (tertiary/aromatic N) is 2. The Morgan fingerprint density at radius 2 is 1.79 bits per heavy atom. The molecule has 3 rings (SSSR count). The van der Waals surface area contributed by atoms with E-state index in [1.54, 1.807) is 13.2 Å². The highest BCUT2D eigenvalue weighted by atomic mass is 16.5. The first-order valence-electron chi connectivity index (χ1n) is 9.18. The Bertz CT molecular complexity index is 929. The van der Waals surface area contributed by atoms with Gasteiger partial charge in [0, 0.05) is 18.8 Å². The van der Waals surface area contributed by atoms with Gasteiger partial charge in [-0.1, -0.05) is 42.5 Å². The fraction of sp³-hybridized carbons (Fsp3) is 0.227. The molecule has 1 aromatic heterocycles. The van der Waals surface area contributed by atoms with Gasteiger partial charge in [-0.15, -0.1) is 0 Å². The molecule has 0 saturated heterocycles. The average molecular weight is 376 g/mol. The van der Waals surface area contributed by atoms with Crippen molar-refractivity contribution in [2.75, 3.05) is 19.0 Å². The minimum atomic E-state index is -0.212. The molecule has 0 spiro atoms. The largest absolute Gasteiger partial charge is 0.497 e. The van der Waals surface area contributed by atoms with E-state index in [2.05, 4.69) is 20.6 Å². The van der Waals surface area contributed by atoms with Gasteiger partial charge < -0.3 is 15.4 Å². The number of hydrogen-bond donors (Lipinski definition) is 2. The maximum Gasteiger partial charge on any atom is 0.270 e. The summed E-state index contributed by atoms with van der Waals surface area (Å²) in [6.45, 7) is 2.96. The Labute approximate surface area is 165 Å². The van der Waals surface area contributed by atoms with Gasteiger partial charge >= 0.3 is 0 Å². The molecular formula is C22H24N4O2. The molecule has 6 heteroatoms. The van der Waals surface area contributed by atoms with E-state index in [4.69, 9.17) is 4.74 Å². The standard InChI is InChI=1S/C22H24N4O2/c1-16-13-20(26-22(25-16)24-15-18-7-4-3-5-8-18)21(27)23-12-11-17-9-6-10-19(14-17)28-2/h3-10,13-14H,11-12,15H2,1-2H3,(H,23,27)(H,24,25,26). The number of amides is 1. The van der Waals surface area contributed by atoms with Crippen molar-refractivity contribution in [2.24, 2.45) is 0 Å². The molecule has 0 aliphatic rings. The molecule has 144 valence electrons. The van der Waals surface area contributed by atoms with Gasteiger partial charge in [0.1, 0.15) is 11.4 Å². The summed E-state index contributed by atoms with van der Waals surface area (Å²) in [5.74, 6) is 1.04. The first-order valence-corrected chi connectivity index (χ1v) is 9.18. The van der Waals surface area contributed by atoms with E-state index in [0.717, 1.165) is 22.6 Å². The van der Waals surface area contributed by atoms with Crippen molar-refractivity contribution < 1.29 is 9.53 Å². The van der Waals surface area contributed by atoms with Gasteiger partial charge in [-0.05, 0) is 42.7 Å². The van der Waals surface area contributed by atoms with Crippen molar-refractivity contribution in [2.45, 2.75) is 19.9 Å². The Balaban J connectivity index is 1.57. The van der Waals surface area contributed by atoms with Gasteiger partial charge in [0.15, 0.2) is 0 Å². The summed E-state index contributed by atoms with van der Waals surface area (Å²) in [5, 5.41) is 6.09. The minimum Gasteiger partial charge on any atom is -0.497 e. The van der Waals surface area contributed by atoms with Crippen LogP contribution in [-0.2, 0) is 13.0 Å². The van der Waals surface area contributed by atoms with Crippen LogP contribution >= 0.6 is 0 Å². The number of ether oxygens (including phenoxy) is 1. The van der Waals surface area contributed by atoms with Crippen LogP contribution in [0.1, 0.15) is 27.3 Å². The van der Waals surface area contributed by atoms with Gasteiger partial charge in [0.2, 0.25) is 5.95 Å². The van der Waals surface area contributed by atoms with Crippen molar-refractivity contribution in [3.8, 4) is 5.75 Å². The Kier molecular flexibility index (Phi) is 6.57. The lowest BCUT2D eigenvalue weighted by atomic mass is 10.1. The topological polar surface area (TPSA) is 76.1 Å². The molecule has 0 fully saturated rings. The van der Waals surface area contributed by atoms with Gasteiger partial charge in [-0.25, -0.2) is 9.97 Å². The normalized spacial score (nSPS) is 10.4. The number of methoxy groups -OCH3 is 1. The summed E-state index contributed by atoms with van der Waals surface area (Å²) < 4.78 is 5.22. The molecule has 3 aromatic rings. The summed E-state index contributed by atoms with van der Waals surface area (Å²) in [4.78, 5) is 21.2. The number of carbonyl (C=O) groups excluding carboxylic acids is 1. The van der Waals surface area contributed by atoms with E-state index in [1.807, 2.05) is 61.5 Å². The Hall–Kier alpha value is -3.41. The molecular weight excluding hydrogens is 352 g/mol. The Morgan fingerprint density at radius 1 is 1.00 bits per heavy atom. The van der Waals surface area contributed by atoms with E-state index in [1.165, 1.54) is 0 Å². The fourth-order valence-corrected chi connectivity index (χ4v) is 2.78. The summed E-state index contributed by atoms with van der Waals surface area (Å²) in [6, 6.07) is 19.5. The fourth-order valence-electron chi connectivity index (χ4n) is 2.78. The zero-order valence-corrected chi connectivity index (χ0v) is 16.1. The lowest BCUT2D eigenvalue weighted by molar-refractivity contribution is 0.0949. The SMILES string of the molecule is COc1cccc(CCNC(=O)c2cc(C)nc(NCc3ccccc3)n2)c1. The van der Waals surface area contributed by atoms with Crippen molar-refractivity contribution in [3.63, 3.8) is 0 Å². The van der Waals surface area contributed by atoms with Crippen LogP contribution in [0.5, 0.6) is 5.75 Å². The van der Waals surface area contributed by atoms with Crippen LogP contribution in [0.25, 0.3) is 0 Å². The lowest BCUT2D eigenvalue weighted by Crippen LogP contribution is -2.27. The van der Waals surface area contributed by atoms with Crippen LogP contribution in [-0.4, -0.2) is 29.5 Å². The smallest absolute Gasteiger partial charge is 0.270 e. The zero-order chi connectivity index (χ0) is 19.8. The molecule has 0 atom stereocenters. The summed E-state index contributed by atoms with van der Waals surface area (Å²) in [7, 11) is 1.64. The number of aryl methyl sites for hydroxylation is 1. The maximum absolute atomic E-state index is 12.5. The molecule has 0 saturated carbocycles. The molecule has 0 aliphatic carbocycles. The number of rotatable bonds is 8. The third-order valence-corrected chi connectivity index (χ3v) is 4.21. The molecule has 28 heavy (non-hydrogen) atoms. The molecule has 6 nitrogen and oxygen atoms in total. The van der Waals surface area contributed by atoms with Crippen molar-refractivity contribution in [1.29, 1.82) is 0 Å². The van der Waals surface area contributed by atoms with Crippen LogP contribution in [0.3, 0.4) is 0 Å². The molecule has 0 aliphatic heterocycles. The maximum atomic E-state index is 12.5. The third-order valence-electron chi connectivity index (χ3n) is 4.21. The quantitative estimate of drug-likeness (QED) is 0.630. The second-order valence-electron chi connectivity index (χ2n) is 6.41.